The fourth-order valence-electron chi connectivity index (χ4n) is 2.25. The minimum Gasteiger partial charge on any atom is -0.350 e. The third kappa shape index (κ3) is 4.55. The van der Waals surface area contributed by atoms with Gasteiger partial charge in [0, 0.05) is 18.4 Å². The number of nitrogens with one attached hydrogen (secondary N) is 1. The zero-order chi connectivity index (χ0) is 15.9. The number of aryl methyl sites for hydroxylation is 1. The normalized spacial score (nSPS) is 11.7. The van der Waals surface area contributed by atoms with E-state index in [4.69, 9.17) is 0 Å². The highest BCUT2D eigenvalue weighted by atomic mass is 16.2. The van der Waals surface area contributed by atoms with Crippen LogP contribution in [-0.4, -0.2) is 11.7 Å². The van der Waals surface area contributed by atoms with E-state index in [0.29, 0.717) is 5.56 Å². The van der Waals surface area contributed by atoms with Gasteiger partial charge in [-0.25, -0.2) is 0 Å². The second-order valence-corrected chi connectivity index (χ2v) is 5.49. The summed E-state index contributed by atoms with van der Waals surface area (Å²) in [7, 11) is 0. The van der Waals surface area contributed by atoms with Crippen LogP contribution in [0.25, 0.3) is 0 Å². The molecule has 0 aromatic heterocycles. The Kier molecular flexibility index (Phi) is 5.48. The number of Topliss-reactive ketones (excluding diaryl/α,β-unsaturated/α-hetero) is 1. The smallest absolute Gasteiger partial charge is 0.220 e. The van der Waals surface area contributed by atoms with Gasteiger partial charge in [0.1, 0.15) is 0 Å². The summed E-state index contributed by atoms with van der Waals surface area (Å²) >= 11 is 0. The van der Waals surface area contributed by atoms with Crippen molar-refractivity contribution in [2.45, 2.75) is 32.7 Å². The minimum atomic E-state index is -0.100. The molecule has 2 rings (SSSR count). The molecule has 0 aliphatic rings. The molecule has 1 N–H and O–H groups in total. The molecule has 114 valence electrons. The molecule has 0 unspecified atom stereocenters. The van der Waals surface area contributed by atoms with Crippen molar-refractivity contribution in [1.29, 1.82) is 0 Å². The second kappa shape index (κ2) is 7.55. The van der Waals surface area contributed by atoms with Gasteiger partial charge < -0.3 is 5.32 Å². The van der Waals surface area contributed by atoms with Crippen molar-refractivity contribution in [2.75, 3.05) is 0 Å². The monoisotopic (exact) mass is 295 g/mol. The van der Waals surface area contributed by atoms with Gasteiger partial charge in [0.25, 0.3) is 0 Å². The molecule has 1 atom stereocenters. The molecular formula is C19H21NO2. The number of amides is 1. The van der Waals surface area contributed by atoms with E-state index in [0.717, 1.165) is 11.1 Å². The molecule has 0 saturated heterocycles. The number of rotatable bonds is 6. The third-order valence-corrected chi connectivity index (χ3v) is 3.63. The van der Waals surface area contributed by atoms with E-state index >= 15 is 0 Å². The summed E-state index contributed by atoms with van der Waals surface area (Å²) < 4.78 is 0. The lowest BCUT2D eigenvalue weighted by molar-refractivity contribution is -0.121. The average molecular weight is 295 g/mol. The molecule has 0 fully saturated rings. The first-order valence-corrected chi connectivity index (χ1v) is 7.50. The molecule has 0 spiro atoms. The van der Waals surface area contributed by atoms with Gasteiger partial charge in [0.15, 0.2) is 5.78 Å². The standard InChI is InChI=1S/C19H21NO2/c1-14-8-10-17(11-9-14)18(21)12-13-19(22)20-15(2)16-6-4-3-5-7-16/h3-11,15H,12-13H2,1-2H3,(H,20,22)/t15-/m0/s1. The second-order valence-electron chi connectivity index (χ2n) is 5.49. The fourth-order valence-corrected chi connectivity index (χ4v) is 2.25. The van der Waals surface area contributed by atoms with Gasteiger partial charge in [-0.2, -0.15) is 0 Å². The number of carbonyl (C=O) groups is 2. The Bertz CT molecular complexity index is 632. The van der Waals surface area contributed by atoms with Gasteiger partial charge in [-0.3, -0.25) is 9.59 Å². The van der Waals surface area contributed by atoms with Crippen molar-refractivity contribution >= 4 is 11.7 Å². The largest absolute Gasteiger partial charge is 0.350 e. The first kappa shape index (κ1) is 16.0. The van der Waals surface area contributed by atoms with Crippen LogP contribution < -0.4 is 5.32 Å². The predicted molar refractivity (Wildman–Crippen MR) is 87.7 cm³/mol. The summed E-state index contributed by atoms with van der Waals surface area (Å²) in [6.07, 6.45) is 0.445. The lowest BCUT2D eigenvalue weighted by Crippen LogP contribution is -2.26. The Balaban J connectivity index is 1.82. The topological polar surface area (TPSA) is 46.2 Å². The van der Waals surface area contributed by atoms with Crippen LogP contribution >= 0.6 is 0 Å². The van der Waals surface area contributed by atoms with Crippen molar-refractivity contribution in [1.82, 2.24) is 5.32 Å². The fraction of sp³-hybridized carbons (Fsp3) is 0.263. The van der Waals surface area contributed by atoms with Crippen molar-refractivity contribution in [2.24, 2.45) is 0 Å². The third-order valence-electron chi connectivity index (χ3n) is 3.63. The van der Waals surface area contributed by atoms with Crippen molar-refractivity contribution in [3.05, 3.63) is 71.3 Å². The molecule has 0 heterocycles. The van der Waals surface area contributed by atoms with Crippen LogP contribution in [0.3, 0.4) is 0 Å². The maximum atomic E-state index is 12.0. The molecule has 0 saturated carbocycles. The van der Waals surface area contributed by atoms with Gasteiger partial charge in [-0.05, 0) is 19.4 Å². The van der Waals surface area contributed by atoms with E-state index in [1.807, 2.05) is 68.4 Å². The van der Waals surface area contributed by atoms with Crippen molar-refractivity contribution in [3.8, 4) is 0 Å². The molecule has 22 heavy (non-hydrogen) atoms. The highest BCUT2D eigenvalue weighted by Crippen LogP contribution is 2.12. The Labute approximate surface area is 131 Å². The van der Waals surface area contributed by atoms with Crippen molar-refractivity contribution < 1.29 is 9.59 Å². The van der Waals surface area contributed by atoms with Crippen LogP contribution in [0.15, 0.2) is 54.6 Å². The van der Waals surface area contributed by atoms with E-state index in [1.54, 1.807) is 0 Å². The molecular weight excluding hydrogens is 274 g/mol. The number of hydrogen-bond donors (Lipinski definition) is 1. The zero-order valence-corrected chi connectivity index (χ0v) is 13.0. The number of hydrogen-bond acceptors (Lipinski definition) is 2. The molecule has 0 radical (unpaired) electrons. The molecule has 3 heteroatoms. The maximum absolute atomic E-state index is 12.0. The van der Waals surface area contributed by atoms with Crippen LogP contribution in [0.5, 0.6) is 0 Å². The summed E-state index contributed by atoms with van der Waals surface area (Å²) in [5, 5.41) is 2.92. The summed E-state index contributed by atoms with van der Waals surface area (Å²) in [5.41, 5.74) is 2.83. The number of carbonyl (C=O) groups excluding carboxylic acids is 2. The Morgan fingerprint density at radius 1 is 0.955 bits per heavy atom. The SMILES string of the molecule is Cc1ccc(C(=O)CCC(=O)N[C@@H](C)c2ccccc2)cc1. The highest BCUT2D eigenvalue weighted by molar-refractivity contribution is 5.98. The van der Waals surface area contributed by atoms with Gasteiger partial charge >= 0.3 is 0 Å². The molecule has 3 nitrogen and oxygen atoms in total. The Morgan fingerprint density at radius 2 is 1.59 bits per heavy atom. The maximum Gasteiger partial charge on any atom is 0.220 e. The van der Waals surface area contributed by atoms with Crippen molar-refractivity contribution in [3.63, 3.8) is 0 Å². The number of ketones is 1. The minimum absolute atomic E-state index is 0.00233. The quantitative estimate of drug-likeness (QED) is 0.823. The summed E-state index contributed by atoms with van der Waals surface area (Å²) in [6.45, 7) is 3.92. The number of benzene rings is 2. The van der Waals surface area contributed by atoms with Gasteiger partial charge in [-0.15, -0.1) is 0 Å². The van der Waals surface area contributed by atoms with E-state index in [1.165, 1.54) is 0 Å². The molecule has 2 aromatic carbocycles. The summed E-state index contributed by atoms with van der Waals surface area (Å²) in [5.74, 6) is -0.0978. The van der Waals surface area contributed by atoms with Crippen LogP contribution in [0, 0.1) is 6.92 Å². The molecule has 0 aliphatic carbocycles. The molecule has 0 aliphatic heterocycles. The van der Waals surface area contributed by atoms with E-state index in [9.17, 15) is 9.59 Å². The first-order chi connectivity index (χ1) is 10.6. The Morgan fingerprint density at radius 3 is 2.23 bits per heavy atom. The highest BCUT2D eigenvalue weighted by Gasteiger charge is 2.12. The van der Waals surface area contributed by atoms with Crippen LogP contribution in [0.1, 0.15) is 47.3 Å². The molecule has 0 bridgehead atoms. The average Bonchev–Trinajstić information content (AvgIpc) is 2.54. The first-order valence-electron chi connectivity index (χ1n) is 7.50. The van der Waals surface area contributed by atoms with Crippen LogP contribution in [0.2, 0.25) is 0 Å². The lowest BCUT2D eigenvalue weighted by Gasteiger charge is -2.14. The zero-order valence-electron chi connectivity index (χ0n) is 13.0. The van der Waals surface area contributed by atoms with Crippen LogP contribution in [-0.2, 0) is 4.79 Å². The van der Waals surface area contributed by atoms with E-state index in [2.05, 4.69) is 5.32 Å². The van der Waals surface area contributed by atoms with Gasteiger partial charge in [-0.1, -0.05) is 60.2 Å². The summed E-state index contributed by atoms with van der Waals surface area (Å²) in [6, 6.07) is 17.2. The van der Waals surface area contributed by atoms with Crippen LogP contribution in [0.4, 0.5) is 0 Å². The predicted octanol–water partition coefficient (Wildman–Crippen LogP) is 3.84. The molecule has 1 amide bonds. The van der Waals surface area contributed by atoms with E-state index in [-0.39, 0.29) is 30.6 Å². The Hall–Kier alpha value is -2.42. The van der Waals surface area contributed by atoms with Gasteiger partial charge in [0.05, 0.1) is 6.04 Å². The van der Waals surface area contributed by atoms with Gasteiger partial charge in [0.2, 0.25) is 5.91 Å². The van der Waals surface area contributed by atoms with E-state index < -0.39 is 0 Å². The lowest BCUT2D eigenvalue weighted by atomic mass is 10.0. The summed E-state index contributed by atoms with van der Waals surface area (Å²) in [4.78, 5) is 24.0. The molecule has 2 aromatic rings.